The number of carbonyl (C=O) groups excluding carboxylic acids is 1. The fourth-order valence-corrected chi connectivity index (χ4v) is 2.21. The second-order valence-corrected chi connectivity index (χ2v) is 5.48. The van der Waals surface area contributed by atoms with Gasteiger partial charge in [0.2, 0.25) is 5.91 Å². The Morgan fingerprint density at radius 3 is 2.40 bits per heavy atom. The van der Waals surface area contributed by atoms with Crippen LogP contribution in [0.15, 0.2) is 0 Å². The monoisotopic (exact) mass is 233 g/mol. The van der Waals surface area contributed by atoms with E-state index in [0.29, 0.717) is 18.6 Å². The number of hydrogen-bond donors (Lipinski definition) is 2. The van der Waals surface area contributed by atoms with Gasteiger partial charge in [-0.05, 0) is 19.8 Å². The zero-order chi connectivity index (χ0) is 11.6. The predicted molar refractivity (Wildman–Crippen MR) is 55.8 cm³/mol. The molecule has 0 radical (unpaired) electrons. The Kier molecular flexibility index (Phi) is 3.49. The van der Waals surface area contributed by atoms with Gasteiger partial charge in [-0.2, -0.15) is 0 Å². The van der Waals surface area contributed by atoms with E-state index in [4.69, 9.17) is 5.11 Å². The lowest BCUT2D eigenvalue weighted by Crippen LogP contribution is -2.43. The lowest BCUT2D eigenvalue weighted by molar-refractivity contribution is -0.149. The van der Waals surface area contributed by atoms with Crippen LogP contribution in [0.5, 0.6) is 0 Å². The number of amides is 1. The Hall–Kier alpha value is -0.910. The average Bonchev–Trinajstić information content (AvgIpc) is 2.80. The van der Waals surface area contributed by atoms with Crippen LogP contribution in [0, 0.1) is 5.41 Å². The van der Waals surface area contributed by atoms with Crippen molar-refractivity contribution < 1.29 is 18.9 Å². The molecule has 0 spiro atoms. The first kappa shape index (κ1) is 12.2. The third-order valence-electron chi connectivity index (χ3n) is 2.46. The summed E-state index contributed by atoms with van der Waals surface area (Å²) in [5, 5.41) is 11.4. The molecule has 6 heteroatoms. The predicted octanol–water partition coefficient (Wildman–Crippen LogP) is -0.266. The van der Waals surface area contributed by atoms with Crippen LogP contribution in [-0.4, -0.2) is 39.2 Å². The van der Waals surface area contributed by atoms with Gasteiger partial charge < -0.3 is 10.4 Å². The molecular weight excluding hydrogens is 218 g/mol. The van der Waals surface area contributed by atoms with E-state index < -0.39 is 28.1 Å². The standard InChI is InChI=1S/C9H15NO4S/c1-6(5-15(2)14)10-7(11)9(3-4-9)8(12)13/h6H,3-5H2,1-2H3,(H,10,11)(H,12,13). The Bertz CT molecular complexity index is 311. The molecule has 1 amide bonds. The van der Waals surface area contributed by atoms with Crippen LogP contribution in [0.3, 0.4) is 0 Å². The van der Waals surface area contributed by atoms with Gasteiger partial charge in [-0.3, -0.25) is 13.8 Å². The maximum atomic E-state index is 11.6. The zero-order valence-electron chi connectivity index (χ0n) is 8.78. The highest BCUT2D eigenvalue weighted by molar-refractivity contribution is 7.84. The SMILES string of the molecule is CC(CS(C)=O)NC(=O)C1(C(=O)O)CC1. The van der Waals surface area contributed by atoms with E-state index in [0.717, 1.165) is 0 Å². The van der Waals surface area contributed by atoms with E-state index in [1.807, 2.05) is 0 Å². The fourth-order valence-electron chi connectivity index (χ4n) is 1.42. The van der Waals surface area contributed by atoms with E-state index in [2.05, 4.69) is 5.32 Å². The Morgan fingerprint density at radius 2 is 2.07 bits per heavy atom. The van der Waals surface area contributed by atoms with Crippen molar-refractivity contribution >= 4 is 22.7 Å². The molecule has 0 aromatic rings. The van der Waals surface area contributed by atoms with Crippen LogP contribution in [0.1, 0.15) is 19.8 Å². The molecule has 2 N–H and O–H groups in total. The minimum Gasteiger partial charge on any atom is -0.480 e. The quantitative estimate of drug-likeness (QED) is 0.640. The molecule has 86 valence electrons. The largest absolute Gasteiger partial charge is 0.480 e. The smallest absolute Gasteiger partial charge is 0.319 e. The molecule has 0 aliphatic heterocycles. The van der Waals surface area contributed by atoms with Gasteiger partial charge in [0.15, 0.2) is 0 Å². The molecule has 1 aliphatic rings. The van der Waals surface area contributed by atoms with Crippen molar-refractivity contribution in [2.24, 2.45) is 5.41 Å². The van der Waals surface area contributed by atoms with E-state index in [9.17, 15) is 13.8 Å². The van der Waals surface area contributed by atoms with Gasteiger partial charge in [-0.1, -0.05) is 0 Å². The van der Waals surface area contributed by atoms with Crippen molar-refractivity contribution in [2.75, 3.05) is 12.0 Å². The first-order chi connectivity index (χ1) is 6.88. The fraction of sp³-hybridized carbons (Fsp3) is 0.778. The number of rotatable bonds is 5. The summed E-state index contributed by atoms with van der Waals surface area (Å²) >= 11 is 0. The molecular formula is C9H15NO4S. The molecule has 0 saturated heterocycles. The van der Waals surface area contributed by atoms with E-state index in [1.165, 1.54) is 0 Å². The van der Waals surface area contributed by atoms with Gasteiger partial charge in [-0.15, -0.1) is 0 Å². The van der Waals surface area contributed by atoms with Gasteiger partial charge in [-0.25, -0.2) is 0 Å². The number of carboxylic acid groups (broad SMARTS) is 1. The third-order valence-corrected chi connectivity index (χ3v) is 3.43. The molecule has 1 saturated carbocycles. The zero-order valence-corrected chi connectivity index (χ0v) is 9.60. The van der Waals surface area contributed by atoms with Crippen LogP contribution in [0.2, 0.25) is 0 Å². The summed E-state index contributed by atoms with van der Waals surface area (Å²) in [6.07, 6.45) is 2.35. The van der Waals surface area contributed by atoms with Crippen molar-refractivity contribution in [1.82, 2.24) is 5.32 Å². The number of carboxylic acids is 1. The van der Waals surface area contributed by atoms with Crippen LogP contribution in [-0.2, 0) is 20.4 Å². The normalized spacial score (nSPS) is 21.5. The molecule has 0 aromatic heterocycles. The van der Waals surface area contributed by atoms with Crippen LogP contribution in [0.25, 0.3) is 0 Å². The number of nitrogens with one attached hydrogen (secondary N) is 1. The third kappa shape index (κ3) is 2.77. The lowest BCUT2D eigenvalue weighted by atomic mass is 10.1. The molecule has 2 atom stereocenters. The van der Waals surface area contributed by atoms with Crippen LogP contribution >= 0.6 is 0 Å². The van der Waals surface area contributed by atoms with Crippen molar-refractivity contribution in [1.29, 1.82) is 0 Å². The average molecular weight is 233 g/mol. The van der Waals surface area contributed by atoms with Gasteiger partial charge >= 0.3 is 5.97 Å². The highest BCUT2D eigenvalue weighted by Gasteiger charge is 2.57. The summed E-state index contributed by atoms with van der Waals surface area (Å²) in [6, 6.07) is -0.250. The summed E-state index contributed by atoms with van der Waals surface area (Å²) in [5.41, 5.74) is -1.20. The summed E-state index contributed by atoms with van der Waals surface area (Å²) < 4.78 is 10.9. The van der Waals surface area contributed by atoms with Crippen molar-refractivity contribution in [2.45, 2.75) is 25.8 Å². The second kappa shape index (κ2) is 4.30. The maximum Gasteiger partial charge on any atom is 0.319 e. The first-order valence-electron chi connectivity index (χ1n) is 4.73. The Balaban J connectivity index is 2.49. The van der Waals surface area contributed by atoms with Gasteiger partial charge in [0.25, 0.3) is 0 Å². The van der Waals surface area contributed by atoms with Gasteiger partial charge in [0.1, 0.15) is 5.41 Å². The minimum absolute atomic E-state index is 0.250. The van der Waals surface area contributed by atoms with E-state index in [-0.39, 0.29) is 6.04 Å². The number of aliphatic carboxylic acids is 1. The first-order valence-corrected chi connectivity index (χ1v) is 6.45. The second-order valence-electron chi connectivity index (χ2n) is 4.00. The highest BCUT2D eigenvalue weighted by atomic mass is 32.2. The molecule has 0 aromatic carbocycles. The summed E-state index contributed by atoms with van der Waals surface area (Å²) in [5.74, 6) is -1.17. The van der Waals surface area contributed by atoms with Crippen molar-refractivity contribution in [3.05, 3.63) is 0 Å². The molecule has 2 unspecified atom stereocenters. The van der Waals surface area contributed by atoms with Crippen molar-refractivity contribution in [3.8, 4) is 0 Å². The van der Waals surface area contributed by atoms with Crippen LogP contribution < -0.4 is 5.32 Å². The number of hydrogen-bond acceptors (Lipinski definition) is 3. The summed E-state index contributed by atoms with van der Waals surface area (Å²) in [7, 11) is -0.991. The Labute approximate surface area is 90.7 Å². The van der Waals surface area contributed by atoms with Crippen molar-refractivity contribution in [3.63, 3.8) is 0 Å². The lowest BCUT2D eigenvalue weighted by Gasteiger charge is -2.15. The highest BCUT2D eigenvalue weighted by Crippen LogP contribution is 2.46. The molecule has 15 heavy (non-hydrogen) atoms. The molecule has 0 bridgehead atoms. The Morgan fingerprint density at radius 1 is 1.53 bits per heavy atom. The molecule has 5 nitrogen and oxygen atoms in total. The number of carbonyl (C=O) groups is 2. The van der Waals surface area contributed by atoms with Gasteiger partial charge in [0, 0.05) is 28.9 Å². The van der Waals surface area contributed by atoms with Crippen LogP contribution in [0.4, 0.5) is 0 Å². The molecule has 1 aliphatic carbocycles. The summed E-state index contributed by atoms with van der Waals surface area (Å²) in [4.78, 5) is 22.4. The maximum absolute atomic E-state index is 11.6. The topological polar surface area (TPSA) is 83.5 Å². The van der Waals surface area contributed by atoms with Gasteiger partial charge in [0.05, 0.1) is 0 Å². The molecule has 1 rings (SSSR count). The summed E-state index contributed by atoms with van der Waals surface area (Å²) in [6.45, 7) is 1.72. The molecule has 0 heterocycles. The van der Waals surface area contributed by atoms with E-state index in [1.54, 1.807) is 13.2 Å². The van der Waals surface area contributed by atoms with E-state index >= 15 is 0 Å². The molecule has 1 fully saturated rings. The minimum atomic E-state index is -1.20.